The number of rotatable bonds is 9. The molecule has 2 aromatic rings. The Morgan fingerprint density at radius 3 is 2.32 bits per heavy atom. The molecule has 134 valence electrons. The molecule has 0 unspecified atom stereocenters. The van der Waals surface area contributed by atoms with Gasteiger partial charge in [0.1, 0.15) is 19.0 Å². The largest absolute Gasteiger partial charge is 0.490 e. The molecule has 0 heterocycles. The van der Waals surface area contributed by atoms with E-state index in [2.05, 4.69) is 31.1 Å². The van der Waals surface area contributed by atoms with Crippen LogP contribution in [0.3, 0.4) is 0 Å². The zero-order valence-corrected chi connectivity index (χ0v) is 14.9. The van der Waals surface area contributed by atoms with E-state index in [1.807, 2.05) is 19.1 Å². The molecule has 0 saturated carbocycles. The van der Waals surface area contributed by atoms with Gasteiger partial charge in [0.15, 0.2) is 11.5 Å². The molecular weight excluding hydrogens is 318 g/mol. The zero-order chi connectivity index (χ0) is 18.1. The molecule has 2 aromatic carbocycles. The Morgan fingerprint density at radius 1 is 0.960 bits per heavy atom. The first-order valence-electron chi connectivity index (χ1n) is 8.44. The van der Waals surface area contributed by atoms with E-state index in [1.54, 1.807) is 18.2 Å². The summed E-state index contributed by atoms with van der Waals surface area (Å²) in [4.78, 5) is 0. The van der Waals surface area contributed by atoms with Crippen LogP contribution in [0.1, 0.15) is 37.8 Å². The van der Waals surface area contributed by atoms with Gasteiger partial charge in [-0.3, -0.25) is 0 Å². The quantitative estimate of drug-likeness (QED) is 0.316. The van der Waals surface area contributed by atoms with Gasteiger partial charge in [0.25, 0.3) is 0 Å². The van der Waals surface area contributed by atoms with Gasteiger partial charge in [-0.25, -0.2) is 0 Å². The Kier molecular flexibility index (Phi) is 7.14. The van der Waals surface area contributed by atoms with Crippen LogP contribution in [0.4, 0.5) is 0 Å². The Labute approximate surface area is 148 Å². The molecule has 5 nitrogen and oxygen atoms in total. The normalized spacial score (nSPS) is 11.0. The number of benzene rings is 2. The summed E-state index contributed by atoms with van der Waals surface area (Å²) in [7, 11) is 0. The second kappa shape index (κ2) is 9.57. The smallest absolute Gasteiger partial charge is 0.161 e. The summed E-state index contributed by atoms with van der Waals surface area (Å²) in [5, 5.41) is 11.6. The molecule has 0 aliphatic carbocycles. The number of ether oxygens (including phenoxy) is 3. The first-order chi connectivity index (χ1) is 12.1. The highest BCUT2D eigenvalue weighted by Gasteiger charge is 2.06. The van der Waals surface area contributed by atoms with Crippen LogP contribution in [-0.2, 0) is 0 Å². The van der Waals surface area contributed by atoms with Crippen LogP contribution in [0, 0.1) is 0 Å². The van der Waals surface area contributed by atoms with E-state index in [0.717, 1.165) is 11.3 Å². The lowest BCUT2D eigenvalue weighted by atomic mass is 10.0. The highest BCUT2D eigenvalue weighted by atomic mass is 16.5. The Balaban J connectivity index is 1.88. The van der Waals surface area contributed by atoms with Crippen molar-refractivity contribution < 1.29 is 19.4 Å². The van der Waals surface area contributed by atoms with Crippen molar-refractivity contribution in [2.45, 2.75) is 26.7 Å². The Bertz CT molecular complexity index is 681. The van der Waals surface area contributed by atoms with Crippen molar-refractivity contribution in [1.82, 2.24) is 0 Å². The van der Waals surface area contributed by atoms with E-state index >= 15 is 0 Å². The van der Waals surface area contributed by atoms with Crippen LogP contribution in [0.25, 0.3) is 0 Å². The predicted molar refractivity (Wildman–Crippen MR) is 98.5 cm³/mol. The molecule has 0 fully saturated rings. The van der Waals surface area contributed by atoms with Crippen molar-refractivity contribution in [3.8, 4) is 17.2 Å². The molecular formula is C20H25NO4. The van der Waals surface area contributed by atoms with Crippen LogP contribution in [0.15, 0.2) is 47.6 Å². The van der Waals surface area contributed by atoms with Crippen molar-refractivity contribution in [1.29, 1.82) is 0 Å². The Morgan fingerprint density at radius 2 is 1.68 bits per heavy atom. The molecule has 0 bridgehead atoms. The minimum atomic E-state index is 0.402. The van der Waals surface area contributed by atoms with Gasteiger partial charge >= 0.3 is 0 Å². The Hall–Kier alpha value is -2.69. The van der Waals surface area contributed by atoms with Crippen LogP contribution in [0.5, 0.6) is 17.2 Å². The third kappa shape index (κ3) is 5.71. The van der Waals surface area contributed by atoms with Crippen molar-refractivity contribution in [2.75, 3.05) is 19.8 Å². The summed E-state index contributed by atoms with van der Waals surface area (Å²) in [6.45, 7) is 7.59. The summed E-state index contributed by atoms with van der Waals surface area (Å²) in [6, 6.07) is 13.5. The number of hydrogen-bond acceptors (Lipinski definition) is 5. The summed E-state index contributed by atoms with van der Waals surface area (Å²) in [5.74, 6) is 2.58. The minimum absolute atomic E-state index is 0.402. The maximum atomic E-state index is 8.62. The van der Waals surface area contributed by atoms with Crippen LogP contribution in [0.2, 0.25) is 0 Å². The molecule has 0 aliphatic rings. The van der Waals surface area contributed by atoms with Crippen molar-refractivity contribution in [3.05, 3.63) is 53.6 Å². The molecule has 0 amide bonds. The van der Waals surface area contributed by atoms with E-state index in [1.165, 1.54) is 11.8 Å². The first kappa shape index (κ1) is 18.6. The number of nitrogens with zero attached hydrogens (tertiary/aromatic N) is 1. The lowest BCUT2D eigenvalue weighted by molar-refractivity contribution is 0.208. The SMILES string of the molecule is CCOc1cc(C=NO)ccc1OCCOc1ccc(C(C)C)cc1. The fourth-order valence-corrected chi connectivity index (χ4v) is 2.32. The predicted octanol–water partition coefficient (Wildman–Crippen LogP) is 4.47. The molecule has 25 heavy (non-hydrogen) atoms. The number of hydrogen-bond donors (Lipinski definition) is 1. The van der Waals surface area contributed by atoms with Gasteiger partial charge in [-0.05, 0) is 48.7 Å². The molecule has 0 atom stereocenters. The zero-order valence-electron chi connectivity index (χ0n) is 14.9. The van der Waals surface area contributed by atoms with Gasteiger partial charge in [-0.15, -0.1) is 0 Å². The van der Waals surface area contributed by atoms with E-state index in [4.69, 9.17) is 19.4 Å². The van der Waals surface area contributed by atoms with Gasteiger partial charge in [-0.2, -0.15) is 0 Å². The van der Waals surface area contributed by atoms with E-state index < -0.39 is 0 Å². The third-order valence-electron chi connectivity index (χ3n) is 3.63. The molecule has 0 radical (unpaired) electrons. The van der Waals surface area contributed by atoms with Gasteiger partial charge in [0.2, 0.25) is 0 Å². The van der Waals surface area contributed by atoms with Crippen molar-refractivity contribution in [3.63, 3.8) is 0 Å². The molecule has 0 aromatic heterocycles. The van der Waals surface area contributed by atoms with E-state index in [0.29, 0.717) is 37.2 Å². The van der Waals surface area contributed by atoms with E-state index in [9.17, 15) is 0 Å². The molecule has 5 heteroatoms. The monoisotopic (exact) mass is 343 g/mol. The van der Waals surface area contributed by atoms with Gasteiger partial charge in [0, 0.05) is 5.56 Å². The summed E-state index contributed by atoms with van der Waals surface area (Å²) >= 11 is 0. The molecule has 1 N–H and O–H groups in total. The maximum absolute atomic E-state index is 8.62. The van der Waals surface area contributed by atoms with Gasteiger partial charge in [-0.1, -0.05) is 31.1 Å². The second-order valence-corrected chi connectivity index (χ2v) is 5.80. The van der Waals surface area contributed by atoms with Crippen LogP contribution >= 0.6 is 0 Å². The van der Waals surface area contributed by atoms with E-state index in [-0.39, 0.29) is 0 Å². The summed E-state index contributed by atoms with van der Waals surface area (Å²) < 4.78 is 17.0. The highest BCUT2D eigenvalue weighted by Crippen LogP contribution is 2.28. The van der Waals surface area contributed by atoms with Crippen LogP contribution in [-0.4, -0.2) is 31.2 Å². The number of oxime groups is 1. The standard InChI is InChI=1S/C20H25NO4/c1-4-23-20-13-16(14-21-22)5-10-19(20)25-12-11-24-18-8-6-17(7-9-18)15(2)3/h5-10,13-15,22H,4,11-12H2,1-3H3. The summed E-state index contributed by atoms with van der Waals surface area (Å²) in [5.41, 5.74) is 2.02. The average molecular weight is 343 g/mol. The topological polar surface area (TPSA) is 60.3 Å². The maximum Gasteiger partial charge on any atom is 0.161 e. The molecule has 0 saturated heterocycles. The second-order valence-electron chi connectivity index (χ2n) is 5.80. The highest BCUT2D eigenvalue weighted by molar-refractivity contribution is 5.80. The van der Waals surface area contributed by atoms with Crippen molar-refractivity contribution in [2.24, 2.45) is 5.16 Å². The summed E-state index contributed by atoms with van der Waals surface area (Å²) in [6.07, 6.45) is 1.34. The minimum Gasteiger partial charge on any atom is -0.490 e. The fraction of sp³-hybridized carbons (Fsp3) is 0.350. The third-order valence-corrected chi connectivity index (χ3v) is 3.63. The lowest BCUT2D eigenvalue weighted by Gasteiger charge is -2.13. The lowest BCUT2D eigenvalue weighted by Crippen LogP contribution is -2.10. The molecule has 2 rings (SSSR count). The molecule has 0 spiro atoms. The van der Waals surface area contributed by atoms with Gasteiger partial charge < -0.3 is 19.4 Å². The molecule has 0 aliphatic heterocycles. The van der Waals surface area contributed by atoms with Crippen molar-refractivity contribution >= 4 is 6.21 Å². The first-order valence-corrected chi connectivity index (χ1v) is 8.44. The fourth-order valence-electron chi connectivity index (χ4n) is 2.32. The van der Waals surface area contributed by atoms with Gasteiger partial charge in [0.05, 0.1) is 12.8 Å². The average Bonchev–Trinajstić information content (AvgIpc) is 2.61. The van der Waals surface area contributed by atoms with Crippen LogP contribution < -0.4 is 14.2 Å².